The molecule has 0 atom stereocenters. The Bertz CT molecular complexity index is 1080. The molecule has 0 unspecified atom stereocenters. The minimum absolute atomic E-state index is 0.0118. The molecule has 0 N–H and O–H groups in total. The number of anilines is 1. The molecule has 0 radical (unpaired) electrons. The fourth-order valence-electron chi connectivity index (χ4n) is 4.58. The minimum atomic E-state index is -0.596. The highest BCUT2D eigenvalue weighted by atomic mass is 35.5. The second kappa shape index (κ2) is 9.83. The van der Waals surface area contributed by atoms with Gasteiger partial charge < -0.3 is 9.38 Å². The lowest BCUT2D eigenvalue weighted by Crippen LogP contribution is -2.68. The van der Waals surface area contributed by atoms with Gasteiger partial charge in [0.1, 0.15) is 11.8 Å². The van der Waals surface area contributed by atoms with E-state index in [0.29, 0.717) is 5.69 Å². The van der Waals surface area contributed by atoms with Gasteiger partial charge in [-0.2, -0.15) is 10.4 Å². The van der Waals surface area contributed by atoms with Crippen molar-refractivity contribution in [1.29, 1.82) is 5.26 Å². The van der Waals surface area contributed by atoms with Gasteiger partial charge in [0.15, 0.2) is 0 Å². The zero-order valence-electron chi connectivity index (χ0n) is 18.7. The first kappa shape index (κ1) is 23.1. The summed E-state index contributed by atoms with van der Waals surface area (Å²) in [7, 11) is 0. The van der Waals surface area contributed by atoms with E-state index in [1.807, 2.05) is 30.3 Å². The van der Waals surface area contributed by atoms with E-state index in [1.54, 1.807) is 0 Å². The molecule has 10 heteroatoms. The molecule has 2 bridgehead atoms. The van der Waals surface area contributed by atoms with E-state index >= 15 is 0 Å². The summed E-state index contributed by atoms with van der Waals surface area (Å²) >= 11 is 6.11. The maximum Gasteiger partial charge on any atom is 0.272 e. The number of fused-ring (bicyclic) bond motifs is 3. The van der Waals surface area contributed by atoms with Crippen LogP contribution in [0.1, 0.15) is 12.5 Å². The van der Waals surface area contributed by atoms with Crippen LogP contribution in [0.15, 0.2) is 46.6 Å². The molecule has 9 nitrogen and oxygen atoms in total. The summed E-state index contributed by atoms with van der Waals surface area (Å²) < 4.78 is 1.23. The van der Waals surface area contributed by atoms with E-state index in [2.05, 4.69) is 27.0 Å². The maximum atomic E-state index is 11.0. The predicted molar refractivity (Wildman–Crippen MR) is 127 cm³/mol. The molecule has 3 heterocycles. The third-order valence-corrected chi connectivity index (χ3v) is 7.05. The van der Waals surface area contributed by atoms with Crippen molar-refractivity contribution >= 4 is 34.4 Å². The summed E-state index contributed by atoms with van der Waals surface area (Å²) in [6.07, 6.45) is 0. The molecule has 0 spiro atoms. The maximum absolute atomic E-state index is 11.0. The number of nitrogens with zero attached hydrogens (tertiary/aromatic N) is 7. The Hall–Kier alpha value is -3.06. The zero-order valence-corrected chi connectivity index (χ0v) is 19.4. The van der Waals surface area contributed by atoms with E-state index in [4.69, 9.17) is 11.6 Å². The van der Waals surface area contributed by atoms with Gasteiger partial charge in [-0.1, -0.05) is 11.6 Å². The lowest BCUT2D eigenvalue weighted by Gasteiger charge is -2.51. The van der Waals surface area contributed by atoms with Crippen molar-refractivity contribution in [3.8, 4) is 6.07 Å². The monoisotopic (exact) mass is 468 g/mol. The molecule has 3 aliphatic rings. The number of benzene rings is 2. The number of nitro benzene ring substituents is 1. The number of non-ortho nitro benzene ring substituents is 1. The SMILES string of the molecule is CCN(CC[N+]12CCN(CC1)CC2)c1ccc(/N=N/c2c(Cl)cc([N+](=O)[O-])cc2C#N)cc1. The summed E-state index contributed by atoms with van der Waals surface area (Å²) in [4.78, 5) is 15.3. The zero-order chi connectivity index (χ0) is 23.4. The van der Waals surface area contributed by atoms with Crippen LogP contribution in [-0.4, -0.2) is 73.2 Å². The van der Waals surface area contributed by atoms with Gasteiger partial charge in [-0.15, -0.1) is 5.11 Å². The van der Waals surface area contributed by atoms with Crippen molar-refractivity contribution in [2.45, 2.75) is 6.92 Å². The van der Waals surface area contributed by atoms with Crippen molar-refractivity contribution in [3.05, 3.63) is 57.1 Å². The number of nitriles is 1. The molecule has 0 saturated carbocycles. The van der Waals surface area contributed by atoms with Crippen LogP contribution in [0.25, 0.3) is 0 Å². The highest BCUT2D eigenvalue weighted by Crippen LogP contribution is 2.34. The number of azo groups is 1. The van der Waals surface area contributed by atoms with Crippen molar-refractivity contribution in [1.82, 2.24) is 4.90 Å². The Morgan fingerprint density at radius 1 is 1.18 bits per heavy atom. The van der Waals surface area contributed by atoms with Gasteiger partial charge in [-0.3, -0.25) is 15.0 Å². The standard InChI is InChI=1S/C23H27ClN7O2/c1-2-29(10-14-31-11-7-28(8-12-31)9-13-31)20-5-3-19(4-6-20)26-27-23-18(17-25)15-21(30(32)33)16-22(23)24/h3-6,15-16H,2,7-14H2,1H3/q+1/b27-26+. The van der Waals surface area contributed by atoms with Crippen LogP contribution in [0.5, 0.6) is 0 Å². The lowest BCUT2D eigenvalue weighted by molar-refractivity contribution is -0.939. The fourth-order valence-corrected chi connectivity index (χ4v) is 4.84. The van der Waals surface area contributed by atoms with Gasteiger partial charge in [-0.05, 0) is 31.2 Å². The number of rotatable bonds is 8. The van der Waals surface area contributed by atoms with Crippen molar-refractivity contribution in [3.63, 3.8) is 0 Å². The van der Waals surface area contributed by atoms with Crippen LogP contribution in [0.3, 0.4) is 0 Å². The van der Waals surface area contributed by atoms with Crippen LogP contribution in [0.4, 0.5) is 22.7 Å². The Balaban J connectivity index is 1.44. The second-order valence-electron chi connectivity index (χ2n) is 8.57. The summed E-state index contributed by atoms with van der Waals surface area (Å²) in [5.74, 6) is 0. The normalized spacial score (nSPS) is 21.8. The fraction of sp³-hybridized carbons (Fsp3) is 0.435. The smallest absolute Gasteiger partial charge is 0.272 e. The summed E-state index contributed by atoms with van der Waals surface area (Å²) in [5, 5.41) is 28.6. The van der Waals surface area contributed by atoms with Gasteiger partial charge in [-0.25, -0.2) is 0 Å². The van der Waals surface area contributed by atoms with Gasteiger partial charge in [0.05, 0.1) is 53.9 Å². The molecule has 5 rings (SSSR count). The molecular weight excluding hydrogens is 442 g/mol. The molecule has 3 fully saturated rings. The lowest BCUT2D eigenvalue weighted by atomic mass is 10.1. The van der Waals surface area contributed by atoms with Crippen LogP contribution in [-0.2, 0) is 0 Å². The van der Waals surface area contributed by atoms with Crippen LogP contribution in [0, 0.1) is 21.4 Å². The Kier molecular flexibility index (Phi) is 6.88. The Morgan fingerprint density at radius 3 is 2.42 bits per heavy atom. The summed E-state index contributed by atoms with van der Waals surface area (Å²) in [5.41, 5.74) is 1.63. The van der Waals surface area contributed by atoms with E-state index in [9.17, 15) is 15.4 Å². The molecular formula is C23H27ClN7O2+. The first-order valence-corrected chi connectivity index (χ1v) is 11.5. The predicted octanol–water partition coefficient (Wildman–Crippen LogP) is 4.51. The highest BCUT2D eigenvalue weighted by molar-refractivity contribution is 6.33. The number of hydrogen-bond acceptors (Lipinski definition) is 7. The van der Waals surface area contributed by atoms with Crippen LogP contribution in [0.2, 0.25) is 5.02 Å². The third kappa shape index (κ3) is 5.14. The van der Waals surface area contributed by atoms with Crippen molar-refractivity contribution in [2.75, 3.05) is 63.8 Å². The molecule has 3 saturated heterocycles. The van der Waals surface area contributed by atoms with Gasteiger partial charge >= 0.3 is 0 Å². The molecule has 2 aromatic carbocycles. The van der Waals surface area contributed by atoms with Crippen LogP contribution >= 0.6 is 11.6 Å². The van der Waals surface area contributed by atoms with E-state index in [1.165, 1.54) is 56.4 Å². The quantitative estimate of drug-likeness (QED) is 0.246. The molecule has 2 aromatic rings. The van der Waals surface area contributed by atoms with Gasteiger partial charge in [0, 0.05) is 44.0 Å². The molecule has 0 aliphatic carbocycles. The molecule has 0 amide bonds. The van der Waals surface area contributed by atoms with E-state index in [0.717, 1.165) is 24.8 Å². The Morgan fingerprint density at radius 2 is 1.85 bits per heavy atom. The number of hydrogen-bond donors (Lipinski definition) is 0. The van der Waals surface area contributed by atoms with Crippen molar-refractivity contribution in [2.24, 2.45) is 10.2 Å². The largest absolute Gasteiger partial charge is 0.366 e. The second-order valence-corrected chi connectivity index (χ2v) is 8.97. The van der Waals surface area contributed by atoms with Crippen LogP contribution < -0.4 is 4.90 Å². The first-order chi connectivity index (χ1) is 15.9. The Labute approximate surface area is 198 Å². The molecule has 0 aromatic heterocycles. The van der Waals surface area contributed by atoms with Gasteiger partial charge in [0.2, 0.25) is 0 Å². The number of quaternary nitrogens is 1. The molecule has 33 heavy (non-hydrogen) atoms. The van der Waals surface area contributed by atoms with E-state index < -0.39 is 4.92 Å². The third-order valence-electron chi connectivity index (χ3n) is 6.76. The number of likely N-dealkylation sites (N-methyl/N-ethyl adjacent to an activating group) is 1. The van der Waals surface area contributed by atoms with E-state index in [-0.39, 0.29) is 22.0 Å². The number of piperazine rings is 3. The first-order valence-electron chi connectivity index (χ1n) is 11.2. The van der Waals surface area contributed by atoms with Crippen molar-refractivity contribution < 1.29 is 9.41 Å². The minimum Gasteiger partial charge on any atom is -0.366 e. The average Bonchev–Trinajstić information content (AvgIpc) is 2.85. The highest BCUT2D eigenvalue weighted by Gasteiger charge is 2.38. The topological polar surface area (TPSA) is 98.1 Å². The van der Waals surface area contributed by atoms with Gasteiger partial charge in [0.25, 0.3) is 5.69 Å². The molecule has 172 valence electrons. The number of nitro groups is 1. The average molecular weight is 469 g/mol. The summed E-state index contributed by atoms with van der Waals surface area (Å²) in [6, 6.07) is 12.0. The molecule has 3 aliphatic heterocycles. The number of halogens is 1. The summed E-state index contributed by atoms with van der Waals surface area (Å²) in [6.45, 7) is 12.7.